The first-order valence-electron chi connectivity index (χ1n) is 14.7. The largest absolute Gasteiger partial charge is 0.507 e. The average molecular weight is 517 g/mol. The van der Waals surface area contributed by atoms with E-state index in [0.29, 0.717) is 11.7 Å². The molecule has 1 saturated carbocycles. The number of ether oxygens (including phenoxy) is 1. The third-order valence-electron chi connectivity index (χ3n) is 9.96. The Hall–Kier alpha value is -3.26. The first-order valence-corrected chi connectivity index (χ1v) is 14.7. The SMILES string of the molecule is COc1cc2c(O)cc3c(c2cc1C1CCCc2ccccc21)-c1ccccc1C31CC(C)(C)CC(C)(C)C1. The summed E-state index contributed by atoms with van der Waals surface area (Å²) < 4.78 is 6.02. The van der Waals surface area contributed by atoms with E-state index in [9.17, 15) is 5.11 Å². The molecule has 3 aliphatic carbocycles. The van der Waals surface area contributed by atoms with Crippen LogP contribution < -0.4 is 4.74 Å². The van der Waals surface area contributed by atoms with E-state index in [-0.39, 0.29) is 16.2 Å². The topological polar surface area (TPSA) is 29.5 Å². The molecule has 7 rings (SSSR count). The van der Waals surface area contributed by atoms with Gasteiger partial charge in [0.25, 0.3) is 0 Å². The maximum Gasteiger partial charge on any atom is 0.123 e. The second-order valence-corrected chi connectivity index (χ2v) is 14.1. The van der Waals surface area contributed by atoms with Crippen molar-refractivity contribution < 1.29 is 9.84 Å². The maximum absolute atomic E-state index is 11.6. The molecule has 4 aromatic rings. The van der Waals surface area contributed by atoms with Crippen LogP contribution in [0.3, 0.4) is 0 Å². The van der Waals surface area contributed by atoms with Crippen molar-refractivity contribution in [1.29, 1.82) is 0 Å². The number of phenolic OH excluding ortho intramolecular Hbond substituents is 1. The van der Waals surface area contributed by atoms with Crippen molar-refractivity contribution in [2.24, 2.45) is 10.8 Å². The predicted octanol–water partition coefficient (Wildman–Crippen LogP) is 9.52. The van der Waals surface area contributed by atoms with Crippen LogP contribution in [0.5, 0.6) is 11.5 Å². The highest BCUT2D eigenvalue weighted by Crippen LogP contribution is 2.65. The summed E-state index contributed by atoms with van der Waals surface area (Å²) in [5.74, 6) is 1.54. The highest BCUT2D eigenvalue weighted by atomic mass is 16.5. The maximum atomic E-state index is 11.6. The quantitative estimate of drug-likeness (QED) is 0.287. The first-order chi connectivity index (χ1) is 18.6. The normalized spacial score (nSPS) is 21.8. The number of phenols is 1. The van der Waals surface area contributed by atoms with Crippen LogP contribution in [-0.4, -0.2) is 12.2 Å². The summed E-state index contributed by atoms with van der Waals surface area (Å²) in [4.78, 5) is 0. The van der Waals surface area contributed by atoms with E-state index in [2.05, 4.69) is 94.4 Å². The molecule has 1 atom stereocenters. The Morgan fingerprint density at radius 3 is 2.26 bits per heavy atom. The molecule has 2 nitrogen and oxygen atoms in total. The third-order valence-corrected chi connectivity index (χ3v) is 9.96. The standard InChI is InChI=1S/C37H40O2/c1-35(2)20-36(3,4)22-37(21-35)30-16-9-8-14-26(30)34-29-17-28(25-15-10-12-23-11-6-7-13-24(23)25)33(39-5)18-27(29)32(38)19-31(34)37/h6-9,11,13-14,16-19,25,38H,10,12,15,20-22H2,1-5H3. The molecular formula is C37H40O2. The first kappa shape index (κ1) is 24.8. The lowest BCUT2D eigenvalue weighted by molar-refractivity contribution is 0.0645. The van der Waals surface area contributed by atoms with Gasteiger partial charge in [0.1, 0.15) is 11.5 Å². The summed E-state index contributed by atoms with van der Waals surface area (Å²) in [6.45, 7) is 9.72. The van der Waals surface area contributed by atoms with Crippen LogP contribution in [0.15, 0.2) is 66.7 Å². The number of benzene rings is 4. The summed E-state index contributed by atoms with van der Waals surface area (Å²) in [5, 5.41) is 13.7. The van der Waals surface area contributed by atoms with E-state index in [4.69, 9.17) is 4.74 Å². The molecule has 0 bridgehead atoms. The number of rotatable bonds is 2. The molecule has 1 spiro atoms. The van der Waals surface area contributed by atoms with Gasteiger partial charge in [-0.05, 0) is 106 Å². The molecule has 3 aliphatic rings. The van der Waals surface area contributed by atoms with E-state index in [1.54, 1.807) is 7.11 Å². The van der Waals surface area contributed by atoms with E-state index in [0.717, 1.165) is 42.2 Å². The molecule has 2 heteroatoms. The van der Waals surface area contributed by atoms with Crippen LogP contribution in [0.4, 0.5) is 0 Å². The summed E-state index contributed by atoms with van der Waals surface area (Å²) in [6.07, 6.45) is 6.83. The average Bonchev–Trinajstić information content (AvgIpc) is 3.14. The second-order valence-electron chi connectivity index (χ2n) is 14.1. The minimum Gasteiger partial charge on any atom is -0.507 e. The zero-order valence-corrected chi connectivity index (χ0v) is 24.0. The van der Waals surface area contributed by atoms with Crippen LogP contribution in [0.1, 0.15) is 93.5 Å². The Labute approximate surface area is 233 Å². The summed E-state index contributed by atoms with van der Waals surface area (Å²) >= 11 is 0. The van der Waals surface area contributed by atoms with Crippen LogP contribution in [-0.2, 0) is 11.8 Å². The minimum atomic E-state index is -0.0968. The molecular weight excluding hydrogens is 476 g/mol. The molecule has 4 aromatic carbocycles. The lowest BCUT2D eigenvalue weighted by Gasteiger charge is -2.51. The Bertz CT molecular complexity index is 1610. The van der Waals surface area contributed by atoms with Gasteiger partial charge in [-0.2, -0.15) is 0 Å². The molecule has 0 radical (unpaired) electrons. The molecule has 200 valence electrons. The fourth-order valence-electron chi connectivity index (χ4n) is 9.40. The number of fused-ring (bicyclic) bond motifs is 8. The van der Waals surface area contributed by atoms with Gasteiger partial charge in [-0.3, -0.25) is 0 Å². The molecule has 39 heavy (non-hydrogen) atoms. The minimum absolute atomic E-state index is 0.0968. The van der Waals surface area contributed by atoms with Gasteiger partial charge in [-0.1, -0.05) is 76.2 Å². The van der Waals surface area contributed by atoms with E-state index < -0.39 is 0 Å². The summed E-state index contributed by atoms with van der Waals surface area (Å²) in [7, 11) is 1.76. The molecule has 0 heterocycles. The monoisotopic (exact) mass is 516 g/mol. The van der Waals surface area contributed by atoms with Crippen molar-refractivity contribution in [3.05, 3.63) is 94.5 Å². The molecule has 0 aromatic heterocycles. The molecule has 0 aliphatic heterocycles. The van der Waals surface area contributed by atoms with E-state index >= 15 is 0 Å². The van der Waals surface area contributed by atoms with Gasteiger partial charge in [-0.25, -0.2) is 0 Å². The van der Waals surface area contributed by atoms with E-state index in [1.165, 1.54) is 51.8 Å². The zero-order valence-electron chi connectivity index (χ0n) is 24.0. The van der Waals surface area contributed by atoms with Crippen molar-refractivity contribution in [2.45, 2.75) is 77.6 Å². The van der Waals surface area contributed by atoms with Gasteiger partial charge in [0.2, 0.25) is 0 Å². The Balaban J connectivity index is 1.53. The predicted molar refractivity (Wildman–Crippen MR) is 161 cm³/mol. The van der Waals surface area contributed by atoms with Crippen molar-refractivity contribution in [3.63, 3.8) is 0 Å². The Morgan fingerprint density at radius 2 is 1.49 bits per heavy atom. The molecule has 0 saturated heterocycles. The van der Waals surface area contributed by atoms with Gasteiger partial charge in [0.15, 0.2) is 0 Å². The van der Waals surface area contributed by atoms with Crippen LogP contribution >= 0.6 is 0 Å². The lowest BCUT2D eigenvalue weighted by Crippen LogP contribution is -2.43. The second kappa shape index (κ2) is 8.37. The number of hydrogen-bond donors (Lipinski definition) is 1. The third kappa shape index (κ3) is 3.67. The fourth-order valence-corrected chi connectivity index (χ4v) is 9.40. The van der Waals surface area contributed by atoms with Gasteiger partial charge in [0, 0.05) is 22.3 Å². The molecule has 1 fully saturated rings. The zero-order chi connectivity index (χ0) is 27.2. The summed E-state index contributed by atoms with van der Waals surface area (Å²) in [6, 6.07) is 24.5. The van der Waals surface area contributed by atoms with Crippen molar-refractivity contribution in [2.75, 3.05) is 7.11 Å². The summed E-state index contributed by atoms with van der Waals surface area (Å²) in [5.41, 5.74) is 9.84. The van der Waals surface area contributed by atoms with Gasteiger partial charge in [-0.15, -0.1) is 0 Å². The lowest BCUT2D eigenvalue weighted by atomic mass is 9.52. The van der Waals surface area contributed by atoms with Crippen LogP contribution in [0, 0.1) is 10.8 Å². The van der Waals surface area contributed by atoms with Crippen LogP contribution in [0.25, 0.3) is 21.9 Å². The van der Waals surface area contributed by atoms with Gasteiger partial charge in [0.05, 0.1) is 7.11 Å². The molecule has 1 unspecified atom stereocenters. The number of aryl methyl sites for hydroxylation is 1. The van der Waals surface area contributed by atoms with Gasteiger partial charge >= 0.3 is 0 Å². The van der Waals surface area contributed by atoms with Crippen LogP contribution in [0.2, 0.25) is 0 Å². The van der Waals surface area contributed by atoms with Crippen molar-refractivity contribution in [1.82, 2.24) is 0 Å². The van der Waals surface area contributed by atoms with E-state index in [1.807, 2.05) is 0 Å². The molecule has 1 N–H and O–H groups in total. The number of aromatic hydroxyl groups is 1. The highest BCUT2D eigenvalue weighted by molar-refractivity contribution is 6.06. The Morgan fingerprint density at radius 1 is 0.769 bits per heavy atom. The smallest absolute Gasteiger partial charge is 0.123 e. The Kier molecular flexibility index (Phi) is 5.31. The van der Waals surface area contributed by atoms with Crippen molar-refractivity contribution >= 4 is 10.8 Å². The van der Waals surface area contributed by atoms with Crippen molar-refractivity contribution in [3.8, 4) is 22.6 Å². The molecule has 0 amide bonds. The fraction of sp³-hybridized carbons (Fsp3) is 0.405. The highest BCUT2D eigenvalue weighted by Gasteiger charge is 2.53. The number of methoxy groups -OCH3 is 1. The number of hydrogen-bond acceptors (Lipinski definition) is 2. The van der Waals surface area contributed by atoms with Gasteiger partial charge < -0.3 is 9.84 Å².